The van der Waals surface area contributed by atoms with Crippen molar-refractivity contribution in [1.82, 2.24) is 20.8 Å². The Morgan fingerprint density at radius 2 is 1.86 bits per heavy atom. The predicted octanol–water partition coefficient (Wildman–Crippen LogP) is 3.46. The van der Waals surface area contributed by atoms with E-state index in [1.807, 2.05) is 26.0 Å². The molecule has 0 saturated heterocycles. The average molecular weight is 402 g/mol. The molecule has 0 aliphatic heterocycles. The van der Waals surface area contributed by atoms with Crippen molar-refractivity contribution in [2.45, 2.75) is 53.1 Å². The summed E-state index contributed by atoms with van der Waals surface area (Å²) in [4.78, 5) is 8.66. The number of hydrogen-bond acceptors (Lipinski definition) is 5. The van der Waals surface area contributed by atoms with Gasteiger partial charge in [-0.1, -0.05) is 38.1 Å². The Balaban J connectivity index is 1.74. The van der Waals surface area contributed by atoms with Crippen LogP contribution >= 0.6 is 0 Å². The summed E-state index contributed by atoms with van der Waals surface area (Å²) < 4.78 is 11.1. The molecule has 0 radical (unpaired) electrons. The van der Waals surface area contributed by atoms with Gasteiger partial charge >= 0.3 is 0 Å². The molecule has 1 atom stereocenters. The molecule has 0 amide bonds. The highest BCUT2D eigenvalue weighted by Gasteiger charge is 2.13. The van der Waals surface area contributed by atoms with Gasteiger partial charge in [0.2, 0.25) is 0 Å². The molecule has 2 rings (SSSR count). The summed E-state index contributed by atoms with van der Waals surface area (Å²) in [6, 6.07) is 8.24. The van der Waals surface area contributed by atoms with Gasteiger partial charge in [0.15, 0.2) is 11.8 Å². The highest BCUT2D eigenvalue weighted by Crippen LogP contribution is 2.18. The van der Waals surface area contributed by atoms with Gasteiger partial charge in [-0.15, -0.1) is 0 Å². The maximum absolute atomic E-state index is 5.79. The number of guanidine groups is 1. The topological polar surface area (TPSA) is 84.6 Å². The van der Waals surface area contributed by atoms with Crippen molar-refractivity contribution in [2.24, 2.45) is 10.9 Å². The Morgan fingerprint density at radius 1 is 1.14 bits per heavy atom. The molecule has 1 aromatic carbocycles. The first kappa shape index (κ1) is 22.9. The van der Waals surface area contributed by atoms with Gasteiger partial charge in [0.25, 0.3) is 5.89 Å². The van der Waals surface area contributed by atoms with Gasteiger partial charge in [-0.25, -0.2) is 0 Å². The third-order valence-electron chi connectivity index (χ3n) is 4.76. The molecule has 7 nitrogen and oxygen atoms in total. The number of nitrogens with zero attached hydrogens (tertiary/aromatic N) is 3. The molecule has 29 heavy (non-hydrogen) atoms. The number of aryl methyl sites for hydroxylation is 1. The largest absolute Gasteiger partial charge is 0.378 e. The van der Waals surface area contributed by atoms with E-state index in [1.54, 1.807) is 7.05 Å². The Bertz CT molecular complexity index is 740. The molecule has 2 N–H and O–H groups in total. The first-order chi connectivity index (χ1) is 14.1. The summed E-state index contributed by atoms with van der Waals surface area (Å²) in [5.74, 6) is 2.63. The van der Waals surface area contributed by atoms with Gasteiger partial charge in [-0.2, -0.15) is 4.98 Å². The standard InChI is InChI=1S/C22H35N5O2/c1-6-20-26-21(29-27-20)18-10-8-17(9-11-18)12-14-24-22(23-5)25-15-13-19(16(3)4)28-7-2/h8-11,16,19H,6-7,12-15H2,1-5H3,(H2,23,24,25). The number of rotatable bonds is 11. The van der Waals surface area contributed by atoms with Crippen LogP contribution in [0.2, 0.25) is 0 Å². The fraction of sp³-hybridized carbons (Fsp3) is 0.591. The Kier molecular flexibility index (Phi) is 9.64. The van der Waals surface area contributed by atoms with Gasteiger partial charge in [0.05, 0.1) is 6.10 Å². The van der Waals surface area contributed by atoms with Crippen molar-refractivity contribution in [2.75, 3.05) is 26.7 Å². The molecule has 0 fully saturated rings. The van der Waals surface area contributed by atoms with Gasteiger partial charge < -0.3 is 19.9 Å². The van der Waals surface area contributed by atoms with Crippen molar-refractivity contribution < 1.29 is 9.26 Å². The SMILES string of the molecule is CCOC(CCNC(=NC)NCCc1ccc(-c2nc(CC)no2)cc1)C(C)C. The van der Waals surface area contributed by atoms with Gasteiger partial charge in [-0.3, -0.25) is 4.99 Å². The van der Waals surface area contributed by atoms with E-state index in [0.717, 1.165) is 56.3 Å². The minimum Gasteiger partial charge on any atom is -0.378 e. The zero-order valence-electron chi connectivity index (χ0n) is 18.4. The normalized spacial score (nSPS) is 13.0. The second-order valence-electron chi connectivity index (χ2n) is 7.27. The molecule has 1 unspecified atom stereocenters. The van der Waals surface area contributed by atoms with E-state index in [0.29, 0.717) is 11.8 Å². The zero-order valence-corrected chi connectivity index (χ0v) is 18.4. The maximum Gasteiger partial charge on any atom is 0.257 e. The van der Waals surface area contributed by atoms with Crippen LogP contribution in [0.4, 0.5) is 0 Å². The number of aliphatic imine (C=N–C) groups is 1. The van der Waals surface area contributed by atoms with E-state index in [4.69, 9.17) is 9.26 Å². The minimum absolute atomic E-state index is 0.274. The molecular formula is C22H35N5O2. The fourth-order valence-electron chi connectivity index (χ4n) is 3.03. The number of hydrogen-bond donors (Lipinski definition) is 2. The summed E-state index contributed by atoms with van der Waals surface area (Å²) in [7, 11) is 1.79. The van der Waals surface area contributed by atoms with Crippen LogP contribution in [0.1, 0.15) is 45.5 Å². The summed E-state index contributed by atoms with van der Waals surface area (Å²) in [6.45, 7) is 10.8. The second-order valence-corrected chi connectivity index (χ2v) is 7.27. The van der Waals surface area contributed by atoms with Crippen molar-refractivity contribution in [3.05, 3.63) is 35.7 Å². The molecule has 0 bridgehead atoms. The monoisotopic (exact) mass is 401 g/mol. The molecule has 160 valence electrons. The van der Waals surface area contributed by atoms with Crippen LogP contribution in [-0.4, -0.2) is 48.9 Å². The van der Waals surface area contributed by atoms with E-state index in [9.17, 15) is 0 Å². The van der Waals surface area contributed by atoms with E-state index in [1.165, 1.54) is 5.56 Å². The predicted molar refractivity (Wildman–Crippen MR) is 117 cm³/mol. The van der Waals surface area contributed by atoms with E-state index in [-0.39, 0.29) is 6.10 Å². The van der Waals surface area contributed by atoms with Crippen molar-refractivity contribution >= 4 is 5.96 Å². The van der Waals surface area contributed by atoms with Gasteiger partial charge in [-0.05, 0) is 43.4 Å². The number of aromatic nitrogens is 2. The molecule has 0 saturated carbocycles. The molecule has 2 aromatic rings. The maximum atomic E-state index is 5.79. The molecule has 0 spiro atoms. The van der Waals surface area contributed by atoms with E-state index >= 15 is 0 Å². The molecule has 1 aromatic heterocycles. The van der Waals surface area contributed by atoms with Crippen LogP contribution in [0.3, 0.4) is 0 Å². The molecule has 1 heterocycles. The fourth-order valence-corrected chi connectivity index (χ4v) is 3.03. The number of nitrogens with one attached hydrogen (secondary N) is 2. The van der Waals surface area contributed by atoms with Crippen LogP contribution in [0, 0.1) is 5.92 Å². The number of benzene rings is 1. The Hall–Kier alpha value is -2.41. The Morgan fingerprint density at radius 3 is 2.45 bits per heavy atom. The molecule has 0 aliphatic rings. The van der Waals surface area contributed by atoms with Gasteiger partial charge in [0.1, 0.15) is 0 Å². The Labute approximate surface area is 174 Å². The lowest BCUT2D eigenvalue weighted by atomic mass is 10.0. The molecule has 0 aliphatic carbocycles. The molecule has 7 heteroatoms. The minimum atomic E-state index is 0.274. The third kappa shape index (κ3) is 7.49. The second kappa shape index (κ2) is 12.2. The summed E-state index contributed by atoms with van der Waals surface area (Å²) in [6.07, 6.45) is 2.91. The number of ether oxygens (including phenoxy) is 1. The quantitative estimate of drug-likeness (QED) is 0.443. The smallest absolute Gasteiger partial charge is 0.257 e. The highest BCUT2D eigenvalue weighted by atomic mass is 16.5. The summed E-state index contributed by atoms with van der Waals surface area (Å²) in [5, 5.41) is 10.7. The van der Waals surface area contributed by atoms with E-state index < -0.39 is 0 Å². The van der Waals surface area contributed by atoms with Crippen LogP contribution < -0.4 is 10.6 Å². The van der Waals surface area contributed by atoms with Gasteiger partial charge in [0, 0.05) is 38.7 Å². The first-order valence-electron chi connectivity index (χ1n) is 10.5. The van der Waals surface area contributed by atoms with Crippen molar-refractivity contribution in [3.8, 4) is 11.5 Å². The lowest BCUT2D eigenvalue weighted by Gasteiger charge is -2.21. The van der Waals surface area contributed by atoms with Crippen LogP contribution in [0.15, 0.2) is 33.8 Å². The van der Waals surface area contributed by atoms with Crippen LogP contribution in [0.25, 0.3) is 11.5 Å². The van der Waals surface area contributed by atoms with Crippen molar-refractivity contribution in [3.63, 3.8) is 0 Å². The van der Waals surface area contributed by atoms with Crippen LogP contribution in [-0.2, 0) is 17.6 Å². The van der Waals surface area contributed by atoms with E-state index in [2.05, 4.69) is 51.7 Å². The molecular weight excluding hydrogens is 366 g/mol. The highest BCUT2D eigenvalue weighted by molar-refractivity contribution is 5.79. The third-order valence-corrected chi connectivity index (χ3v) is 4.76. The lowest BCUT2D eigenvalue weighted by molar-refractivity contribution is 0.0258. The zero-order chi connectivity index (χ0) is 21.1. The van der Waals surface area contributed by atoms with Crippen LogP contribution in [0.5, 0.6) is 0 Å². The summed E-state index contributed by atoms with van der Waals surface area (Å²) in [5.41, 5.74) is 2.18. The first-order valence-corrected chi connectivity index (χ1v) is 10.5. The summed E-state index contributed by atoms with van der Waals surface area (Å²) >= 11 is 0. The lowest BCUT2D eigenvalue weighted by Crippen LogP contribution is -2.40. The average Bonchev–Trinajstić information content (AvgIpc) is 3.21. The van der Waals surface area contributed by atoms with Crippen molar-refractivity contribution in [1.29, 1.82) is 0 Å².